The molecule has 1 aromatic rings. The second kappa shape index (κ2) is 3.61. The molecular formula is C12H17N3O. The number of carbonyl (C=O) groups is 1. The van der Waals surface area contributed by atoms with Crippen molar-refractivity contribution in [3.63, 3.8) is 0 Å². The van der Waals surface area contributed by atoms with Crippen LogP contribution in [-0.2, 0) is 4.79 Å². The Morgan fingerprint density at radius 2 is 2.38 bits per heavy atom. The summed E-state index contributed by atoms with van der Waals surface area (Å²) >= 11 is 0. The smallest absolute Gasteiger partial charge is 0.220 e. The molecule has 4 nitrogen and oxygen atoms in total. The standard InChI is InChI=1S/C12H17N3O/c1-2-10-9(5-12(16)14-10)11-6-13-7-15(11)8-3-4-8/h6-10H,2-5H2,1H3,(H,14,16). The lowest BCUT2D eigenvalue weighted by Crippen LogP contribution is -2.28. The summed E-state index contributed by atoms with van der Waals surface area (Å²) in [5.41, 5.74) is 1.24. The highest BCUT2D eigenvalue weighted by molar-refractivity contribution is 5.80. The van der Waals surface area contributed by atoms with E-state index in [1.54, 1.807) is 0 Å². The van der Waals surface area contributed by atoms with Gasteiger partial charge in [-0.2, -0.15) is 0 Å². The van der Waals surface area contributed by atoms with Crippen LogP contribution in [0, 0.1) is 0 Å². The van der Waals surface area contributed by atoms with Crippen molar-refractivity contribution in [1.82, 2.24) is 14.9 Å². The highest BCUT2D eigenvalue weighted by Gasteiger charge is 2.36. The summed E-state index contributed by atoms with van der Waals surface area (Å²) in [6.45, 7) is 2.13. The van der Waals surface area contributed by atoms with Gasteiger partial charge in [0.1, 0.15) is 0 Å². The Morgan fingerprint density at radius 3 is 3.06 bits per heavy atom. The molecule has 2 aliphatic rings. The van der Waals surface area contributed by atoms with Gasteiger partial charge in [0.15, 0.2) is 0 Å². The van der Waals surface area contributed by atoms with Crippen LogP contribution in [0.15, 0.2) is 12.5 Å². The van der Waals surface area contributed by atoms with Gasteiger partial charge in [-0.1, -0.05) is 6.92 Å². The van der Waals surface area contributed by atoms with E-state index in [9.17, 15) is 4.79 Å². The summed E-state index contributed by atoms with van der Waals surface area (Å²) in [4.78, 5) is 15.7. The maximum atomic E-state index is 11.5. The van der Waals surface area contributed by atoms with Gasteiger partial charge in [-0.25, -0.2) is 4.98 Å². The molecule has 16 heavy (non-hydrogen) atoms. The topological polar surface area (TPSA) is 46.9 Å². The second-order valence-electron chi connectivity index (χ2n) is 4.85. The van der Waals surface area contributed by atoms with Crippen molar-refractivity contribution >= 4 is 5.91 Å². The SMILES string of the molecule is CCC1NC(=O)CC1c1cncn1C1CC1. The molecule has 0 bridgehead atoms. The molecule has 1 N–H and O–H groups in total. The number of hydrogen-bond acceptors (Lipinski definition) is 2. The molecule has 3 rings (SSSR count). The van der Waals surface area contributed by atoms with Crippen molar-refractivity contribution in [1.29, 1.82) is 0 Å². The third kappa shape index (κ3) is 1.52. The number of amides is 1. The van der Waals surface area contributed by atoms with Gasteiger partial charge >= 0.3 is 0 Å². The molecule has 1 saturated heterocycles. The van der Waals surface area contributed by atoms with E-state index in [0.717, 1.165) is 6.42 Å². The fourth-order valence-electron chi connectivity index (χ4n) is 2.67. The largest absolute Gasteiger partial charge is 0.353 e. The molecule has 1 amide bonds. The normalized spacial score (nSPS) is 29.4. The van der Waals surface area contributed by atoms with Crippen molar-refractivity contribution in [3.05, 3.63) is 18.2 Å². The Kier molecular flexibility index (Phi) is 2.23. The number of aromatic nitrogens is 2. The van der Waals surface area contributed by atoms with Crippen LogP contribution < -0.4 is 5.32 Å². The summed E-state index contributed by atoms with van der Waals surface area (Å²) in [5.74, 6) is 0.501. The third-order valence-electron chi connectivity index (χ3n) is 3.69. The lowest BCUT2D eigenvalue weighted by molar-refractivity contribution is -0.119. The van der Waals surface area contributed by atoms with Crippen LogP contribution in [0.1, 0.15) is 50.3 Å². The zero-order valence-electron chi connectivity index (χ0n) is 9.52. The number of rotatable bonds is 3. The molecule has 4 heteroatoms. The van der Waals surface area contributed by atoms with E-state index in [-0.39, 0.29) is 5.91 Å². The first-order valence-electron chi connectivity index (χ1n) is 6.10. The Hall–Kier alpha value is -1.32. The molecule has 1 saturated carbocycles. The van der Waals surface area contributed by atoms with Crippen molar-refractivity contribution < 1.29 is 4.79 Å². The van der Waals surface area contributed by atoms with Crippen LogP contribution in [0.4, 0.5) is 0 Å². The molecule has 2 atom stereocenters. The average molecular weight is 219 g/mol. The summed E-state index contributed by atoms with van der Waals surface area (Å²) in [6.07, 6.45) is 7.99. The van der Waals surface area contributed by atoms with Crippen LogP contribution in [-0.4, -0.2) is 21.5 Å². The lowest BCUT2D eigenvalue weighted by Gasteiger charge is -2.18. The van der Waals surface area contributed by atoms with Crippen molar-refractivity contribution in [2.24, 2.45) is 0 Å². The zero-order chi connectivity index (χ0) is 11.1. The predicted molar refractivity (Wildman–Crippen MR) is 60.1 cm³/mol. The Labute approximate surface area is 95.1 Å². The van der Waals surface area contributed by atoms with Crippen molar-refractivity contribution in [2.75, 3.05) is 0 Å². The quantitative estimate of drug-likeness (QED) is 0.839. The van der Waals surface area contributed by atoms with Gasteiger partial charge in [-0.3, -0.25) is 4.79 Å². The highest BCUT2D eigenvalue weighted by atomic mass is 16.2. The zero-order valence-corrected chi connectivity index (χ0v) is 9.52. The molecule has 2 fully saturated rings. The fourth-order valence-corrected chi connectivity index (χ4v) is 2.67. The van der Waals surface area contributed by atoms with Gasteiger partial charge in [0.05, 0.1) is 6.33 Å². The minimum absolute atomic E-state index is 0.181. The molecule has 0 aromatic carbocycles. The average Bonchev–Trinajstić information content (AvgIpc) is 2.89. The van der Waals surface area contributed by atoms with Crippen molar-refractivity contribution in [3.8, 4) is 0 Å². The summed E-state index contributed by atoms with van der Waals surface area (Å²) in [6, 6.07) is 0.937. The molecule has 0 spiro atoms. The highest BCUT2D eigenvalue weighted by Crippen LogP contribution is 2.39. The van der Waals surface area contributed by atoms with E-state index >= 15 is 0 Å². The minimum atomic E-state index is 0.181. The number of imidazole rings is 1. The van der Waals surface area contributed by atoms with E-state index in [1.165, 1.54) is 18.5 Å². The van der Waals surface area contributed by atoms with Crippen LogP contribution in [0.3, 0.4) is 0 Å². The Balaban J connectivity index is 1.90. The Morgan fingerprint density at radius 1 is 1.56 bits per heavy atom. The second-order valence-corrected chi connectivity index (χ2v) is 4.85. The van der Waals surface area contributed by atoms with Gasteiger partial charge in [-0.05, 0) is 19.3 Å². The number of nitrogens with one attached hydrogen (secondary N) is 1. The molecule has 2 unspecified atom stereocenters. The van der Waals surface area contributed by atoms with Crippen LogP contribution in [0.2, 0.25) is 0 Å². The Bertz CT molecular complexity index is 408. The van der Waals surface area contributed by atoms with Gasteiger partial charge in [0.2, 0.25) is 5.91 Å². The van der Waals surface area contributed by atoms with E-state index in [0.29, 0.717) is 24.4 Å². The summed E-state index contributed by atoms with van der Waals surface area (Å²) in [7, 11) is 0. The minimum Gasteiger partial charge on any atom is -0.353 e. The van der Waals surface area contributed by atoms with Gasteiger partial charge in [-0.15, -0.1) is 0 Å². The summed E-state index contributed by atoms with van der Waals surface area (Å²) in [5, 5.41) is 3.05. The van der Waals surface area contributed by atoms with E-state index in [4.69, 9.17) is 0 Å². The van der Waals surface area contributed by atoms with Crippen molar-refractivity contribution in [2.45, 2.75) is 50.6 Å². The predicted octanol–water partition coefficient (Wildman–Crippen LogP) is 1.60. The van der Waals surface area contributed by atoms with Crippen LogP contribution in [0.5, 0.6) is 0 Å². The first-order valence-corrected chi connectivity index (χ1v) is 6.10. The first kappa shape index (κ1) is 9.87. The maximum absolute atomic E-state index is 11.5. The molecule has 2 heterocycles. The van der Waals surface area contributed by atoms with Crippen LogP contribution >= 0.6 is 0 Å². The first-order chi connectivity index (χ1) is 7.79. The molecule has 1 aliphatic carbocycles. The van der Waals surface area contributed by atoms with Gasteiger partial charge in [0, 0.05) is 36.3 Å². The lowest BCUT2D eigenvalue weighted by atomic mass is 9.95. The fraction of sp³-hybridized carbons (Fsp3) is 0.667. The van der Waals surface area contributed by atoms with E-state index in [1.807, 2.05) is 12.5 Å². The molecule has 1 aromatic heterocycles. The molecular weight excluding hydrogens is 202 g/mol. The molecule has 86 valence electrons. The monoisotopic (exact) mass is 219 g/mol. The maximum Gasteiger partial charge on any atom is 0.220 e. The number of carbonyl (C=O) groups excluding carboxylic acids is 1. The molecule has 1 aliphatic heterocycles. The molecule has 0 radical (unpaired) electrons. The van der Waals surface area contributed by atoms with Gasteiger partial charge in [0.25, 0.3) is 0 Å². The van der Waals surface area contributed by atoms with Gasteiger partial charge < -0.3 is 9.88 Å². The number of hydrogen-bond donors (Lipinski definition) is 1. The van der Waals surface area contributed by atoms with E-state index < -0.39 is 0 Å². The van der Waals surface area contributed by atoms with E-state index in [2.05, 4.69) is 21.8 Å². The number of nitrogens with zero attached hydrogens (tertiary/aromatic N) is 2. The third-order valence-corrected chi connectivity index (χ3v) is 3.69. The summed E-state index contributed by atoms with van der Waals surface area (Å²) < 4.78 is 2.27. The van der Waals surface area contributed by atoms with Crippen LogP contribution in [0.25, 0.3) is 0 Å².